The van der Waals surface area contributed by atoms with Crippen molar-refractivity contribution >= 4 is 0 Å². The molecule has 0 amide bonds. The smallest absolute Gasteiger partial charge is 0.134 e. The number of pyridine rings is 1. The number of hydrogen-bond donors (Lipinski definition) is 1. The van der Waals surface area contributed by atoms with Gasteiger partial charge >= 0.3 is 0 Å². The van der Waals surface area contributed by atoms with Crippen LogP contribution in [0.5, 0.6) is 0 Å². The normalized spacial score (nSPS) is 12.5. The molecule has 1 aromatic carbocycles. The summed E-state index contributed by atoms with van der Waals surface area (Å²) in [7, 11) is 1.58. The summed E-state index contributed by atoms with van der Waals surface area (Å²) >= 11 is 0. The molecule has 0 radical (unpaired) electrons. The molecular weight excluding hydrogens is 253 g/mol. The molecule has 5 heteroatoms. The van der Waals surface area contributed by atoms with E-state index in [-0.39, 0.29) is 5.56 Å². The first-order valence-corrected chi connectivity index (χ1v) is 5.76. The van der Waals surface area contributed by atoms with Crippen LogP contribution in [0.15, 0.2) is 30.6 Å². The van der Waals surface area contributed by atoms with Crippen LogP contribution >= 0.6 is 0 Å². The van der Waals surface area contributed by atoms with E-state index in [9.17, 15) is 13.2 Å². The molecule has 2 nitrogen and oxygen atoms in total. The minimum atomic E-state index is -0.934. The Labute approximate surface area is 109 Å². The molecule has 1 N–H and O–H groups in total. The highest BCUT2D eigenvalue weighted by Gasteiger charge is 2.23. The molecule has 0 aliphatic carbocycles. The maximum Gasteiger partial charge on any atom is 0.134 e. The third kappa shape index (κ3) is 2.61. The molecule has 1 heterocycles. The summed E-state index contributed by atoms with van der Waals surface area (Å²) in [5.74, 6) is -2.77. The zero-order valence-corrected chi connectivity index (χ0v) is 10.5. The van der Waals surface area contributed by atoms with E-state index in [4.69, 9.17) is 0 Å². The fourth-order valence-corrected chi connectivity index (χ4v) is 2.06. The molecule has 2 rings (SSSR count). The lowest BCUT2D eigenvalue weighted by molar-refractivity contribution is 0.499. The van der Waals surface area contributed by atoms with E-state index in [0.29, 0.717) is 17.7 Å². The molecule has 0 saturated carbocycles. The van der Waals surface area contributed by atoms with Crippen LogP contribution in [-0.2, 0) is 0 Å². The molecule has 0 saturated heterocycles. The highest BCUT2D eigenvalue weighted by Crippen LogP contribution is 2.28. The summed E-state index contributed by atoms with van der Waals surface area (Å²) in [5, 5.41) is 2.83. The molecule has 0 aliphatic heterocycles. The average Bonchev–Trinajstić information content (AvgIpc) is 2.34. The van der Waals surface area contributed by atoms with Gasteiger partial charge in [0.25, 0.3) is 0 Å². The van der Waals surface area contributed by atoms with Gasteiger partial charge in [-0.3, -0.25) is 4.98 Å². The Hall–Kier alpha value is -1.88. The van der Waals surface area contributed by atoms with Gasteiger partial charge in [0.1, 0.15) is 17.5 Å². The maximum absolute atomic E-state index is 13.8. The van der Waals surface area contributed by atoms with Gasteiger partial charge in [0.05, 0.1) is 6.04 Å². The van der Waals surface area contributed by atoms with Gasteiger partial charge in [-0.2, -0.15) is 0 Å². The van der Waals surface area contributed by atoms with Crippen molar-refractivity contribution < 1.29 is 13.2 Å². The van der Waals surface area contributed by atoms with Crippen LogP contribution in [0.25, 0.3) is 0 Å². The molecule has 0 fully saturated rings. The van der Waals surface area contributed by atoms with E-state index >= 15 is 0 Å². The van der Waals surface area contributed by atoms with E-state index < -0.39 is 23.5 Å². The number of rotatable bonds is 3. The van der Waals surface area contributed by atoms with Gasteiger partial charge in [0, 0.05) is 30.1 Å². The van der Waals surface area contributed by atoms with E-state index in [1.165, 1.54) is 0 Å². The second kappa shape index (κ2) is 5.40. The van der Waals surface area contributed by atoms with E-state index in [2.05, 4.69) is 10.3 Å². The summed E-state index contributed by atoms with van der Waals surface area (Å²) < 4.78 is 40.6. The summed E-state index contributed by atoms with van der Waals surface area (Å²) in [5.41, 5.74) is 1.28. The van der Waals surface area contributed by atoms with Crippen LogP contribution in [0.3, 0.4) is 0 Å². The highest BCUT2D eigenvalue weighted by molar-refractivity contribution is 5.36. The standard InChI is InChI=1S/C14H13F3N2/c1-8-3-4-19-7-10(8)14(18-2)13-11(16)5-9(15)6-12(13)17/h3-7,14,18H,1-2H3. The van der Waals surface area contributed by atoms with E-state index in [1.54, 1.807) is 25.5 Å². The first-order chi connectivity index (χ1) is 9.04. The first kappa shape index (κ1) is 13.5. The highest BCUT2D eigenvalue weighted by atomic mass is 19.1. The molecule has 2 aromatic rings. The van der Waals surface area contributed by atoms with Crippen molar-refractivity contribution in [2.75, 3.05) is 7.05 Å². The molecule has 0 spiro atoms. The Morgan fingerprint density at radius 3 is 2.32 bits per heavy atom. The van der Waals surface area contributed by atoms with Gasteiger partial charge in [-0.15, -0.1) is 0 Å². The predicted octanol–water partition coefficient (Wildman–Crippen LogP) is 3.12. The number of aromatic nitrogens is 1. The second-order valence-corrected chi connectivity index (χ2v) is 4.24. The molecule has 100 valence electrons. The number of halogens is 3. The van der Waals surface area contributed by atoms with Crippen LogP contribution in [0.4, 0.5) is 13.2 Å². The van der Waals surface area contributed by atoms with Gasteiger partial charge in [-0.1, -0.05) is 0 Å². The number of nitrogens with one attached hydrogen (secondary N) is 1. The van der Waals surface area contributed by atoms with Crippen molar-refractivity contribution in [1.82, 2.24) is 10.3 Å². The largest absolute Gasteiger partial charge is 0.309 e. The topological polar surface area (TPSA) is 24.9 Å². The van der Waals surface area contributed by atoms with Gasteiger partial charge in [-0.25, -0.2) is 13.2 Å². The van der Waals surface area contributed by atoms with Crippen LogP contribution in [0.2, 0.25) is 0 Å². The lowest BCUT2D eigenvalue weighted by Crippen LogP contribution is -2.21. The van der Waals surface area contributed by atoms with Crippen molar-refractivity contribution in [3.63, 3.8) is 0 Å². The number of nitrogens with zero attached hydrogens (tertiary/aromatic N) is 1. The Kier molecular flexibility index (Phi) is 3.85. The Morgan fingerprint density at radius 2 is 1.79 bits per heavy atom. The van der Waals surface area contributed by atoms with Gasteiger partial charge < -0.3 is 5.32 Å². The quantitative estimate of drug-likeness (QED) is 0.923. The van der Waals surface area contributed by atoms with Crippen molar-refractivity contribution in [2.24, 2.45) is 0 Å². The van der Waals surface area contributed by atoms with Crippen molar-refractivity contribution in [1.29, 1.82) is 0 Å². The SMILES string of the molecule is CNC(c1cnccc1C)c1c(F)cc(F)cc1F. The first-order valence-electron chi connectivity index (χ1n) is 5.76. The minimum absolute atomic E-state index is 0.208. The average molecular weight is 266 g/mol. The lowest BCUT2D eigenvalue weighted by atomic mass is 9.96. The molecule has 1 aromatic heterocycles. The molecule has 0 bridgehead atoms. The fraction of sp³-hybridized carbons (Fsp3) is 0.214. The lowest BCUT2D eigenvalue weighted by Gasteiger charge is -2.20. The zero-order valence-electron chi connectivity index (χ0n) is 10.5. The molecule has 1 atom stereocenters. The predicted molar refractivity (Wildman–Crippen MR) is 66.2 cm³/mol. The summed E-state index contributed by atoms with van der Waals surface area (Å²) in [6.45, 7) is 1.82. The second-order valence-electron chi connectivity index (χ2n) is 4.24. The Bertz CT molecular complexity index is 576. The van der Waals surface area contributed by atoms with Crippen molar-refractivity contribution in [2.45, 2.75) is 13.0 Å². The van der Waals surface area contributed by atoms with Gasteiger partial charge in [0.2, 0.25) is 0 Å². The monoisotopic (exact) mass is 266 g/mol. The molecule has 19 heavy (non-hydrogen) atoms. The van der Waals surface area contributed by atoms with Crippen LogP contribution < -0.4 is 5.32 Å². The summed E-state index contributed by atoms with van der Waals surface area (Å²) in [6, 6.07) is 2.39. The number of aryl methyl sites for hydroxylation is 1. The molecule has 0 aliphatic rings. The fourth-order valence-electron chi connectivity index (χ4n) is 2.06. The van der Waals surface area contributed by atoms with Crippen LogP contribution in [0.1, 0.15) is 22.7 Å². The molecule has 1 unspecified atom stereocenters. The van der Waals surface area contributed by atoms with Crippen LogP contribution in [-0.4, -0.2) is 12.0 Å². The van der Waals surface area contributed by atoms with E-state index in [0.717, 1.165) is 5.56 Å². The van der Waals surface area contributed by atoms with Gasteiger partial charge in [0.15, 0.2) is 0 Å². The summed E-state index contributed by atoms with van der Waals surface area (Å²) in [4.78, 5) is 3.96. The van der Waals surface area contributed by atoms with Crippen LogP contribution in [0, 0.1) is 24.4 Å². The maximum atomic E-state index is 13.8. The number of hydrogen-bond acceptors (Lipinski definition) is 2. The summed E-state index contributed by atoms with van der Waals surface area (Å²) in [6.07, 6.45) is 3.14. The molecular formula is C14H13F3N2. The van der Waals surface area contributed by atoms with Crippen molar-refractivity contribution in [3.8, 4) is 0 Å². The Morgan fingerprint density at radius 1 is 1.16 bits per heavy atom. The third-order valence-corrected chi connectivity index (χ3v) is 3.01. The zero-order chi connectivity index (χ0) is 14.0. The van der Waals surface area contributed by atoms with E-state index in [1.807, 2.05) is 6.92 Å². The number of benzene rings is 1. The van der Waals surface area contributed by atoms with Gasteiger partial charge in [-0.05, 0) is 31.2 Å². The third-order valence-electron chi connectivity index (χ3n) is 3.01. The van der Waals surface area contributed by atoms with Crippen molar-refractivity contribution in [3.05, 3.63) is 64.7 Å². The minimum Gasteiger partial charge on any atom is -0.309 e. The Balaban J connectivity index is 2.58.